The van der Waals surface area contributed by atoms with Gasteiger partial charge in [0.15, 0.2) is 5.69 Å². The van der Waals surface area contributed by atoms with E-state index < -0.39 is 12.5 Å². The summed E-state index contributed by atoms with van der Waals surface area (Å²) in [5.41, 5.74) is 0.742. The van der Waals surface area contributed by atoms with E-state index in [9.17, 15) is 13.6 Å². The highest BCUT2D eigenvalue weighted by molar-refractivity contribution is 5.92. The Morgan fingerprint density at radius 3 is 2.76 bits per heavy atom. The number of halogens is 2. The second kappa shape index (κ2) is 6.38. The number of nitrogens with zero attached hydrogens (tertiary/aromatic N) is 5. The second-order valence-corrected chi connectivity index (χ2v) is 4.62. The van der Waals surface area contributed by atoms with Gasteiger partial charge in [0.05, 0.1) is 5.69 Å². The fourth-order valence-electron chi connectivity index (χ4n) is 1.82. The third-order valence-electron chi connectivity index (χ3n) is 3.13. The van der Waals surface area contributed by atoms with Gasteiger partial charge in [-0.05, 0) is 13.0 Å². The van der Waals surface area contributed by atoms with Crippen LogP contribution >= 0.6 is 0 Å². The minimum atomic E-state index is -2.76. The van der Waals surface area contributed by atoms with Crippen molar-refractivity contribution in [1.29, 1.82) is 0 Å². The summed E-state index contributed by atoms with van der Waals surface area (Å²) >= 11 is 0. The van der Waals surface area contributed by atoms with Crippen molar-refractivity contribution in [3.05, 3.63) is 42.2 Å². The van der Waals surface area contributed by atoms with Crippen LogP contribution < -0.4 is 0 Å². The van der Waals surface area contributed by atoms with Crippen molar-refractivity contribution >= 4 is 5.91 Å². The molecule has 0 saturated heterocycles. The highest BCUT2D eigenvalue weighted by atomic mass is 19.3. The topological polar surface area (TPSA) is 63.9 Å². The first-order valence-corrected chi connectivity index (χ1v) is 6.34. The van der Waals surface area contributed by atoms with Gasteiger partial charge < -0.3 is 4.90 Å². The lowest BCUT2D eigenvalue weighted by Crippen LogP contribution is -2.37. The third-order valence-corrected chi connectivity index (χ3v) is 3.13. The van der Waals surface area contributed by atoms with Gasteiger partial charge in [0, 0.05) is 44.3 Å². The Balaban J connectivity index is 2.04. The Hall–Kier alpha value is -2.38. The van der Waals surface area contributed by atoms with Gasteiger partial charge in [-0.25, -0.2) is 4.68 Å². The van der Waals surface area contributed by atoms with E-state index >= 15 is 0 Å². The van der Waals surface area contributed by atoms with Crippen molar-refractivity contribution in [2.45, 2.75) is 25.9 Å². The van der Waals surface area contributed by atoms with Gasteiger partial charge in [0.25, 0.3) is 5.91 Å². The number of aromatic nitrogens is 4. The minimum absolute atomic E-state index is 0.0104. The molecule has 21 heavy (non-hydrogen) atoms. The van der Waals surface area contributed by atoms with Gasteiger partial charge in [-0.1, -0.05) is 0 Å². The van der Waals surface area contributed by atoms with Gasteiger partial charge in [0.1, 0.15) is 0 Å². The molecular weight excluding hydrogens is 280 g/mol. The molecule has 0 aliphatic carbocycles. The van der Waals surface area contributed by atoms with E-state index in [2.05, 4.69) is 15.1 Å². The monoisotopic (exact) mass is 295 g/mol. The zero-order chi connectivity index (χ0) is 15.4. The van der Waals surface area contributed by atoms with E-state index in [-0.39, 0.29) is 11.7 Å². The highest BCUT2D eigenvalue weighted by Gasteiger charge is 2.21. The molecule has 0 fully saturated rings. The summed E-state index contributed by atoms with van der Waals surface area (Å²) in [6.45, 7) is -0.912. The Bertz CT molecular complexity index is 602. The second-order valence-electron chi connectivity index (χ2n) is 4.62. The van der Waals surface area contributed by atoms with Crippen molar-refractivity contribution in [3.8, 4) is 0 Å². The molecule has 0 saturated carbocycles. The van der Waals surface area contributed by atoms with Crippen LogP contribution in [0.25, 0.3) is 0 Å². The summed E-state index contributed by atoms with van der Waals surface area (Å²) < 4.78 is 25.4. The Kier molecular flexibility index (Phi) is 4.56. The Morgan fingerprint density at radius 2 is 2.19 bits per heavy atom. The molecule has 2 aromatic rings. The molecule has 112 valence electrons. The highest BCUT2D eigenvalue weighted by Crippen LogP contribution is 2.12. The van der Waals surface area contributed by atoms with Gasteiger partial charge >= 0.3 is 6.55 Å². The van der Waals surface area contributed by atoms with E-state index in [1.807, 2.05) is 6.92 Å². The standard InChI is InChI=1S/C13H15F2N5O/c1-9(7-10-8-16-4-5-17-10)19(2)12(21)11-3-6-20(18-11)13(14)15/h3-6,8-9,13H,7H2,1-2H3. The maximum Gasteiger partial charge on any atom is 0.333 e. The van der Waals surface area contributed by atoms with Crippen molar-refractivity contribution in [2.24, 2.45) is 0 Å². The van der Waals surface area contributed by atoms with Crippen LogP contribution in [0.2, 0.25) is 0 Å². The lowest BCUT2D eigenvalue weighted by atomic mass is 10.1. The molecule has 2 aromatic heterocycles. The minimum Gasteiger partial charge on any atom is -0.337 e. The fourth-order valence-corrected chi connectivity index (χ4v) is 1.82. The maximum absolute atomic E-state index is 12.5. The molecule has 0 aliphatic rings. The molecule has 0 N–H and O–H groups in total. The van der Waals surface area contributed by atoms with Gasteiger partial charge in [-0.15, -0.1) is 0 Å². The molecule has 1 unspecified atom stereocenters. The number of carbonyl (C=O) groups is 1. The molecule has 0 spiro atoms. The normalized spacial score (nSPS) is 12.4. The van der Waals surface area contributed by atoms with E-state index in [0.29, 0.717) is 11.1 Å². The lowest BCUT2D eigenvalue weighted by Gasteiger charge is -2.23. The third kappa shape index (κ3) is 3.59. The maximum atomic E-state index is 12.5. The Labute approximate surface area is 120 Å². The Morgan fingerprint density at radius 1 is 1.43 bits per heavy atom. The zero-order valence-electron chi connectivity index (χ0n) is 11.6. The first kappa shape index (κ1) is 15.0. The van der Waals surface area contributed by atoms with Crippen LogP contribution in [-0.2, 0) is 6.42 Å². The van der Waals surface area contributed by atoms with Crippen molar-refractivity contribution in [3.63, 3.8) is 0 Å². The van der Waals surface area contributed by atoms with Crippen LogP contribution in [0.1, 0.15) is 29.7 Å². The molecule has 2 rings (SSSR count). The summed E-state index contributed by atoms with van der Waals surface area (Å²) in [7, 11) is 1.60. The molecule has 0 aromatic carbocycles. The number of alkyl halides is 2. The van der Waals surface area contributed by atoms with Crippen molar-refractivity contribution in [2.75, 3.05) is 7.05 Å². The smallest absolute Gasteiger partial charge is 0.333 e. The molecule has 1 amide bonds. The van der Waals surface area contributed by atoms with Crippen LogP contribution in [0.15, 0.2) is 30.9 Å². The first-order valence-electron chi connectivity index (χ1n) is 6.34. The van der Waals surface area contributed by atoms with E-state index in [0.717, 1.165) is 11.9 Å². The summed E-state index contributed by atoms with van der Waals surface area (Å²) in [5, 5.41) is 3.57. The SMILES string of the molecule is CC(Cc1cnccn1)N(C)C(=O)c1ccn(C(F)F)n1. The van der Waals surface area contributed by atoms with Crippen LogP contribution in [0.3, 0.4) is 0 Å². The summed E-state index contributed by atoms with van der Waals surface area (Å²) in [5.74, 6) is -0.411. The number of amides is 1. The van der Waals surface area contributed by atoms with Crippen LogP contribution in [0.5, 0.6) is 0 Å². The fraction of sp³-hybridized carbons (Fsp3) is 0.385. The molecule has 2 heterocycles. The summed E-state index contributed by atoms with van der Waals surface area (Å²) in [6.07, 6.45) is 6.37. The number of hydrogen-bond donors (Lipinski definition) is 0. The largest absolute Gasteiger partial charge is 0.337 e. The van der Waals surface area contributed by atoms with Crippen LogP contribution in [0.4, 0.5) is 8.78 Å². The summed E-state index contributed by atoms with van der Waals surface area (Å²) in [6, 6.07) is 1.12. The number of rotatable bonds is 5. The molecule has 8 heteroatoms. The van der Waals surface area contributed by atoms with E-state index in [1.54, 1.807) is 25.6 Å². The van der Waals surface area contributed by atoms with Gasteiger partial charge in [-0.2, -0.15) is 13.9 Å². The van der Waals surface area contributed by atoms with E-state index in [1.165, 1.54) is 11.0 Å². The predicted molar refractivity (Wildman–Crippen MR) is 70.8 cm³/mol. The molecule has 1 atom stereocenters. The molecular formula is C13H15F2N5O. The average Bonchev–Trinajstić information content (AvgIpc) is 2.96. The first-order chi connectivity index (χ1) is 9.99. The number of hydrogen-bond acceptors (Lipinski definition) is 4. The number of carbonyl (C=O) groups excluding carboxylic acids is 1. The van der Waals surface area contributed by atoms with Crippen LogP contribution in [-0.4, -0.2) is 43.6 Å². The predicted octanol–water partition coefficient (Wildman–Crippen LogP) is 1.77. The van der Waals surface area contributed by atoms with E-state index in [4.69, 9.17) is 0 Å². The zero-order valence-corrected chi connectivity index (χ0v) is 11.6. The van der Waals surface area contributed by atoms with Gasteiger partial charge in [0.2, 0.25) is 0 Å². The lowest BCUT2D eigenvalue weighted by molar-refractivity contribution is 0.0550. The quantitative estimate of drug-likeness (QED) is 0.843. The molecule has 6 nitrogen and oxygen atoms in total. The van der Waals surface area contributed by atoms with Crippen molar-refractivity contribution < 1.29 is 13.6 Å². The molecule has 0 radical (unpaired) electrons. The van der Waals surface area contributed by atoms with Crippen molar-refractivity contribution in [1.82, 2.24) is 24.6 Å². The van der Waals surface area contributed by atoms with Gasteiger partial charge in [-0.3, -0.25) is 14.8 Å². The number of likely N-dealkylation sites (N-methyl/N-ethyl adjacent to an activating group) is 1. The molecule has 0 bridgehead atoms. The average molecular weight is 295 g/mol. The van der Waals surface area contributed by atoms with Crippen LogP contribution in [0, 0.1) is 0 Å². The molecule has 0 aliphatic heterocycles. The summed E-state index contributed by atoms with van der Waals surface area (Å²) in [4.78, 5) is 21.7.